The second kappa shape index (κ2) is 5.44. The number of hydrogen-bond donors (Lipinski definition) is 0. The van der Waals surface area contributed by atoms with Gasteiger partial charge in [-0.25, -0.2) is 9.59 Å². The Morgan fingerprint density at radius 1 is 0.783 bits per heavy atom. The van der Waals surface area contributed by atoms with Crippen LogP contribution >= 0.6 is 0 Å². The first-order chi connectivity index (χ1) is 10.9. The van der Waals surface area contributed by atoms with Crippen LogP contribution in [0.25, 0.3) is 0 Å². The molecule has 2 aliphatic rings. The minimum atomic E-state index is -0.234. The SMILES string of the molecule is C[C@@H]1[C@@H]2[C@@H](N(C)C(=O)N1C)N(C)C(=O)N(C)[C@H]2c1ccccc1. The molecule has 3 rings (SSSR count). The molecule has 0 aliphatic carbocycles. The second-order valence-corrected chi connectivity index (χ2v) is 6.60. The van der Waals surface area contributed by atoms with Gasteiger partial charge in [0, 0.05) is 40.2 Å². The number of amides is 4. The Labute approximate surface area is 137 Å². The third-order valence-electron chi connectivity index (χ3n) is 5.44. The van der Waals surface area contributed by atoms with E-state index in [9.17, 15) is 9.59 Å². The van der Waals surface area contributed by atoms with Crippen molar-refractivity contribution in [1.29, 1.82) is 0 Å². The van der Waals surface area contributed by atoms with Crippen LogP contribution in [0.1, 0.15) is 18.5 Å². The van der Waals surface area contributed by atoms with Gasteiger partial charge < -0.3 is 19.6 Å². The van der Waals surface area contributed by atoms with E-state index >= 15 is 0 Å². The first kappa shape index (κ1) is 15.6. The van der Waals surface area contributed by atoms with Gasteiger partial charge in [0.1, 0.15) is 6.17 Å². The molecule has 0 bridgehead atoms. The minimum absolute atomic E-state index is 0.0342. The summed E-state index contributed by atoms with van der Waals surface area (Å²) in [5, 5.41) is 0. The van der Waals surface area contributed by atoms with Gasteiger partial charge in [0.25, 0.3) is 0 Å². The fourth-order valence-electron chi connectivity index (χ4n) is 4.08. The van der Waals surface area contributed by atoms with Crippen molar-refractivity contribution in [2.75, 3.05) is 28.2 Å². The number of carbonyl (C=O) groups is 2. The maximum absolute atomic E-state index is 12.7. The number of urea groups is 2. The molecule has 0 spiro atoms. The molecule has 0 radical (unpaired) electrons. The van der Waals surface area contributed by atoms with Gasteiger partial charge in [-0.1, -0.05) is 30.3 Å². The molecule has 6 heteroatoms. The molecule has 0 saturated carbocycles. The standard InChI is InChI=1S/C17H24N4O2/c1-11-13-14(12-9-7-6-8-10-12)19(3)17(23)21(5)15(13)20(4)16(22)18(11)2/h6-11,13-15H,1-5H3/t11-,13+,14+,15+/m1/s1. The molecule has 1 aromatic rings. The molecule has 4 amide bonds. The molecular weight excluding hydrogens is 292 g/mol. The van der Waals surface area contributed by atoms with Gasteiger partial charge in [0.15, 0.2) is 0 Å². The molecular formula is C17H24N4O2. The lowest BCUT2D eigenvalue weighted by Gasteiger charge is -2.57. The first-order valence-corrected chi connectivity index (χ1v) is 7.90. The smallest absolute Gasteiger partial charge is 0.321 e. The third-order valence-corrected chi connectivity index (χ3v) is 5.44. The summed E-state index contributed by atoms with van der Waals surface area (Å²) in [5.74, 6) is 0.109. The number of benzene rings is 1. The Morgan fingerprint density at radius 2 is 1.30 bits per heavy atom. The van der Waals surface area contributed by atoms with E-state index in [2.05, 4.69) is 19.1 Å². The highest BCUT2D eigenvalue weighted by molar-refractivity contribution is 5.80. The number of hydrogen-bond acceptors (Lipinski definition) is 2. The molecule has 124 valence electrons. The molecule has 2 heterocycles. The van der Waals surface area contributed by atoms with E-state index in [1.165, 1.54) is 0 Å². The van der Waals surface area contributed by atoms with E-state index in [1.807, 2.05) is 32.3 Å². The zero-order valence-corrected chi connectivity index (χ0v) is 14.3. The first-order valence-electron chi connectivity index (χ1n) is 7.90. The molecule has 1 aromatic carbocycles. The average molecular weight is 316 g/mol. The fourth-order valence-corrected chi connectivity index (χ4v) is 4.08. The zero-order valence-electron chi connectivity index (χ0n) is 14.3. The van der Waals surface area contributed by atoms with Crippen molar-refractivity contribution in [3.8, 4) is 0 Å². The van der Waals surface area contributed by atoms with Crippen molar-refractivity contribution >= 4 is 12.1 Å². The topological polar surface area (TPSA) is 47.1 Å². The highest BCUT2D eigenvalue weighted by Crippen LogP contribution is 2.43. The van der Waals surface area contributed by atoms with Crippen molar-refractivity contribution in [3.63, 3.8) is 0 Å². The second-order valence-electron chi connectivity index (χ2n) is 6.60. The van der Waals surface area contributed by atoms with E-state index < -0.39 is 0 Å². The van der Waals surface area contributed by atoms with Gasteiger partial charge in [-0.05, 0) is 12.5 Å². The van der Waals surface area contributed by atoms with Crippen LogP contribution in [-0.4, -0.2) is 72.1 Å². The van der Waals surface area contributed by atoms with Crippen LogP contribution in [0.3, 0.4) is 0 Å². The van der Waals surface area contributed by atoms with Gasteiger partial charge >= 0.3 is 12.1 Å². The van der Waals surface area contributed by atoms with Crippen LogP contribution in [0.4, 0.5) is 9.59 Å². The van der Waals surface area contributed by atoms with Crippen molar-refractivity contribution in [1.82, 2.24) is 19.6 Å². The fraction of sp³-hybridized carbons (Fsp3) is 0.529. The lowest BCUT2D eigenvalue weighted by Crippen LogP contribution is -2.71. The van der Waals surface area contributed by atoms with Crippen molar-refractivity contribution in [2.24, 2.45) is 5.92 Å². The average Bonchev–Trinajstić information content (AvgIpc) is 2.56. The molecule has 2 saturated heterocycles. The van der Waals surface area contributed by atoms with Crippen LogP contribution < -0.4 is 0 Å². The molecule has 23 heavy (non-hydrogen) atoms. The predicted molar refractivity (Wildman–Crippen MR) is 87.8 cm³/mol. The van der Waals surface area contributed by atoms with Gasteiger partial charge in [0.05, 0.1) is 6.04 Å². The van der Waals surface area contributed by atoms with Crippen molar-refractivity contribution < 1.29 is 9.59 Å². The Hall–Kier alpha value is -2.24. The number of rotatable bonds is 1. The lowest BCUT2D eigenvalue weighted by atomic mass is 9.80. The number of nitrogens with zero attached hydrogens (tertiary/aromatic N) is 4. The summed E-state index contributed by atoms with van der Waals surface area (Å²) in [6.07, 6.45) is -0.234. The van der Waals surface area contributed by atoms with Crippen LogP contribution in [0, 0.1) is 5.92 Å². The largest absolute Gasteiger partial charge is 0.324 e. The summed E-state index contributed by atoms with van der Waals surface area (Å²) in [7, 11) is 7.23. The Balaban J connectivity index is 2.11. The molecule has 0 unspecified atom stereocenters. The monoisotopic (exact) mass is 316 g/mol. The van der Waals surface area contributed by atoms with Gasteiger partial charge in [-0.3, -0.25) is 0 Å². The maximum Gasteiger partial charge on any atom is 0.321 e. The van der Waals surface area contributed by atoms with Crippen LogP contribution in [0.15, 0.2) is 30.3 Å². The van der Waals surface area contributed by atoms with Crippen LogP contribution in [0.5, 0.6) is 0 Å². The van der Waals surface area contributed by atoms with Gasteiger partial charge in [-0.2, -0.15) is 0 Å². The summed E-state index contributed by atoms with van der Waals surface area (Å²) < 4.78 is 0. The Bertz CT molecular complexity index is 616. The van der Waals surface area contributed by atoms with E-state index in [1.54, 1.807) is 33.7 Å². The lowest BCUT2D eigenvalue weighted by molar-refractivity contribution is -0.0652. The van der Waals surface area contributed by atoms with Crippen molar-refractivity contribution in [2.45, 2.75) is 25.2 Å². The van der Waals surface area contributed by atoms with E-state index in [4.69, 9.17) is 0 Å². The molecule has 6 nitrogen and oxygen atoms in total. The normalized spacial score (nSPS) is 31.5. The summed E-state index contributed by atoms with van der Waals surface area (Å²) in [4.78, 5) is 32.1. The van der Waals surface area contributed by atoms with Gasteiger partial charge in [-0.15, -0.1) is 0 Å². The molecule has 4 atom stereocenters. The quantitative estimate of drug-likeness (QED) is 0.796. The summed E-state index contributed by atoms with van der Waals surface area (Å²) in [6, 6.07) is 9.94. The van der Waals surface area contributed by atoms with Crippen LogP contribution in [0.2, 0.25) is 0 Å². The maximum atomic E-state index is 12.7. The van der Waals surface area contributed by atoms with Crippen molar-refractivity contribution in [3.05, 3.63) is 35.9 Å². The highest BCUT2D eigenvalue weighted by Gasteiger charge is 2.53. The Kier molecular flexibility index (Phi) is 3.70. The summed E-state index contributed by atoms with van der Waals surface area (Å²) >= 11 is 0. The molecule has 2 aliphatic heterocycles. The molecule has 0 N–H and O–H groups in total. The van der Waals surface area contributed by atoms with Gasteiger partial charge in [0.2, 0.25) is 0 Å². The number of carbonyl (C=O) groups excluding carboxylic acids is 2. The Morgan fingerprint density at radius 3 is 1.87 bits per heavy atom. The van der Waals surface area contributed by atoms with E-state index in [0.29, 0.717) is 0 Å². The van der Waals surface area contributed by atoms with E-state index in [0.717, 1.165) is 5.56 Å². The summed E-state index contributed by atoms with van der Waals surface area (Å²) in [5.41, 5.74) is 1.11. The summed E-state index contributed by atoms with van der Waals surface area (Å²) in [6.45, 7) is 2.07. The number of fused-ring (bicyclic) bond motifs is 1. The predicted octanol–water partition coefficient (Wildman–Crippen LogP) is 2.05. The van der Waals surface area contributed by atoms with Crippen LogP contribution in [-0.2, 0) is 0 Å². The zero-order chi connectivity index (χ0) is 16.9. The van der Waals surface area contributed by atoms with E-state index in [-0.39, 0.29) is 36.2 Å². The molecule has 0 aromatic heterocycles. The third kappa shape index (κ3) is 2.16. The molecule has 2 fully saturated rings. The highest BCUT2D eigenvalue weighted by atomic mass is 16.2. The minimum Gasteiger partial charge on any atom is -0.324 e.